The number of hydrogen-bond donors (Lipinski definition) is 1. The van der Waals surface area contributed by atoms with Crippen LogP contribution in [0.3, 0.4) is 0 Å². The van der Waals surface area contributed by atoms with Crippen LogP contribution < -0.4 is 10.1 Å². The number of halogens is 1. The molecule has 0 radical (unpaired) electrons. The summed E-state index contributed by atoms with van der Waals surface area (Å²) in [6.45, 7) is 5.19. The van der Waals surface area contributed by atoms with Gasteiger partial charge in [0.2, 0.25) is 5.88 Å². The molecule has 0 spiro atoms. The summed E-state index contributed by atoms with van der Waals surface area (Å²) in [6, 6.07) is 10.1. The van der Waals surface area contributed by atoms with Crippen molar-refractivity contribution in [1.29, 1.82) is 0 Å². The Morgan fingerprint density at radius 3 is 2.90 bits per heavy atom. The van der Waals surface area contributed by atoms with Crippen molar-refractivity contribution in [2.24, 2.45) is 0 Å². The second kappa shape index (κ2) is 7.01. The van der Waals surface area contributed by atoms with E-state index in [1.807, 2.05) is 12.1 Å². The van der Waals surface area contributed by atoms with Crippen LogP contribution in [0.15, 0.2) is 42.6 Å². The highest BCUT2D eigenvalue weighted by Gasteiger charge is 2.07. The highest BCUT2D eigenvalue weighted by atomic mass is 19.1. The number of ether oxygens (including phenoxy) is 1. The van der Waals surface area contributed by atoms with Crippen LogP contribution in [0, 0.1) is 5.82 Å². The Kier molecular flexibility index (Phi) is 5.07. The van der Waals surface area contributed by atoms with Crippen molar-refractivity contribution in [1.82, 2.24) is 10.3 Å². The highest BCUT2D eigenvalue weighted by molar-refractivity contribution is 5.30. The van der Waals surface area contributed by atoms with E-state index < -0.39 is 0 Å². The molecule has 1 aromatic carbocycles. The van der Waals surface area contributed by atoms with Crippen LogP contribution in [0.5, 0.6) is 11.6 Å². The summed E-state index contributed by atoms with van der Waals surface area (Å²) >= 11 is 0. The molecule has 0 bridgehead atoms. The van der Waals surface area contributed by atoms with Gasteiger partial charge in [0.25, 0.3) is 0 Å². The van der Waals surface area contributed by atoms with Crippen molar-refractivity contribution in [3.63, 3.8) is 0 Å². The minimum absolute atomic E-state index is 0.229. The van der Waals surface area contributed by atoms with Gasteiger partial charge >= 0.3 is 0 Å². The fraction of sp³-hybridized carbons (Fsp3) is 0.312. The summed E-state index contributed by atoms with van der Waals surface area (Å²) in [7, 11) is 0. The summed E-state index contributed by atoms with van der Waals surface area (Å²) in [5, 5.41) is 3.41. The molecule has 3 nitrogen and oxygen atoms in total. The Balaban J connectivity index is 2.09. The lowest BCUT2D eigenvalue weighted by molar-refractivity contribution is 0.455. The molecule has 0 saturated heterocycles. The fourth-order valence-electron chi connectivity index (χ4n) is 1.88. The lowest BCUT2D eigenvalue weighted by atomic mass is 10.1. The topological polar surface area (TPSA) is 34.2 Å². The van der Waals surface area contributed by atoms with E-state index in [4.69, 9.17) is 4.74 Å². The van der Waals surface area contributed by atoms with E-state index >= 15 is 0 Å². The minimum Gasteiger partial charge on any atom is -0.439 e. The molecule has 1 N–H and O–H groups in total. The van der Waals surface area contributed by atoms with Crippen LogP contribution in [-0.4, -0.2) is 11.5 Å². The summed E-state index contributed by atoms with van der Waals surface area (Å²) < 4.78 is 18.7. The van der Waals surface area contributed by atoms with Crippen molar-refractivity contribution in [2.45, 2.75) is 26.3 Å². The van der Waals surface area contributed by atoms with Gasteiger partial charge in [0.1, 0.15) is 11.6 Å². The first-order valence-electron chi connectivity index (χ1n) is 6.82. The van der Waals surface area contributed by atoms with Crippen LogP contribution in [-0.2, 0) is 0 Å². The Morgan fingerprint density at radius 1 is 1.30 bits per heavy atom. The number of aromatic nitrogens is 1. The average Bonchev–Trinajstić information content (AvgIpc) is 2.45. The zero-order chi connectivity index (χ0) is 14.4. The third-order valence-electron chi connectivity index (χ3n) is 2.98. The van der Waals surface area contributed by atoms with Crippen LogP contribution in [0.2, 0.25) is 0 Å². The van der Waals surface area contributed by atoms with E-state index in [2.05, 4.69) is 24.1 Å². The van der Waals surface area contributed by atoms with Gasteiger partial charge in [-0.3, -0.25) is 0 Å². The summed E-state index contributed by atoms with van der Waals surface area (Å²) in [6.07, 6.45) is 2.79. The maximum absolute atomic E-state index is 13.1. The second-order valence-corrected chi connectivity index (χ2v) is 4.66. The van der Waals surface area contributed by atoms with Gasteiger partial charge in [0, 0.05) is 24.4 Å². The summed E-state index contributed by atoms with van der Waals surface area (Å²) in [4.78, 5) is 4.15. The first-order valence-corrected chi connectivity index (χ1v) is 6.82. The normalized spacial score (nSPS) is 12.2. The molecule has 0 amide bonds. The molecule has 1 aromatic heterocycles. The SMILES string of the molecule is CCCNC(C)c1ccnc(Oc2cccc(F)c2)c1. The molecular formula is C16H19FN2O. The monoisotopic (exact) mass is 274 g/mol. The molecule has 1 heterocycles. The molecule has 1 unspecified atom stereocenters. The zero-order valence-electron chi connectivity index (χ0n) is 11.8. The molecule has 20 heavy (non-hydrogen) atoms. The van der Waals surface area contributed by atoms with Gasteiger partial charge in [-0.2, -0.15) is 0 Å². The van der Waals surface area contributed by atoms with Crippen molar-refractivity contribution in [3.05, 3.63) is 54.0 Å². The van der Waals surface area contributed by atoms with Gasteiger partial charge in [-0.15, -0.1) is 0 Å². The molecule has 0 saturated carbocycles. The largest absolute Gasteiger partial charge is 0.439 e. The Morgan fingerprint density at radius 2 is 2.15 bits per heavy atom. The van der Waals surface area contributed by atoms with Gasteiger partial charge in [-0.05, 0) is 43.7 Å². The van der Waals surface area contributed by atoms with Gasteiger partial charge in [-0.25, -0.2) is 9.37 Å². The smallest absolute Gasteiger partial charge is 0.219 e. The minimum atomic E-state index is -0.323. The van der Waals surface area contributed by atoms with E-state index in [1.165, 1.54) is 12.1 Å². The summed E-state index contributed by atoms with van der Waals surface area (Å²) in [5.74, 6) is 0.596. The predicted molar refractivity (Wildman–Crippen MR) is 77.4 cm³/mol. The molecule has 0 fully saturated rings. The maximum Gasteiger partial charge on any atom is 0.219 e. The van der Waals surface area contributed by atoms with Crippen LogP contribution in [0.1, 0.15) is 31.9 Å². The van der Waals surface area contributed by atoms with Crippen molar-refractivity contribution in [3.8, 4) is 11.6 Å². The number of pyridine rings is 1. The van der Waals surface area contributed by atoms with E-state index in [1.54, 1.807) is 18.3 Å². The third kappa shape index (κ3) is 4.03. The molecule has 0 aliphatic heterocycles. The van der Waals surface area contributed by atoms with E-state index in [0.717, 1.165) is 18.5 Å². The number of hydrogen-bond acceptors (Lipinski definition) is 3. The molecule has 2 rings (SSSR count). The maximum atomic E-state index is 13.1. The molecule has 2 aromatic rings. The van der Waals surface area contributed by atoms with E-state index in [9.17, 15) is 4.39 Å². The average molecular weight is 274 g/mol. The molecule has 106 valence electrons. The Labute approximate surface area is 118 Å². The molecular weight excluding hydrogens is 255 g/mol. The van der Waals surface area contributed by atoms with Crippen LogP contribution in [0.4, 0.5) is 4.39 Å². The number of benzene rings is 1. The lowest BCUT2D eigenvalue weighted by Crippen LogP contribution is -2.19. The Bertz CT molecular complexity index is 560. The van der Waals surface area contributed by atoms with Gasteiger partial charge in [0.15, 0.2) is 0 Å². The second-order valence-electron chi connectivity index (χ2n) is 4.66. The zero-order valence-corrected chi connectivity index (χ0v) is 11.8. The van der Waals surface area contributed by atoms with Gasteiger partial charge in [0.05, 0.1) is 0 Å². The number of rotatable bonds is 6. The quantitative estimate of drug-likeness (QED) is 0.862. The van der Waals surface area contributed by atoms with Gasteiger partial charge < -0.3 is 10.1 Å². The highest BCUT2D eigenvalue weighted by Crippen LogP contribution is 2.22. The van der Waals surface area contributed by atoms with Crippen molar-refractivity contribution >= 4 is 0 Å². The van der Waals surface area contributed by atoms with Crippen LogP contribution >= 0.6 is 0 Å². The van der Waals surface area contributed by atoms with Gasteiger partial charge in [-0.1, -0.05) is 13.0 Å². The Hall–Kier alpha value is -1.94. The predicted octanol–water partition coefficient (Wildman–Crippen LogP) is 4.07. The molecule has 0 aliphatic carbocycles. The lowest BCUT2D eigenvalue weighted by Gasteiger charge is -2.14. The van der Waals surface area contributed by atoms with Crippen molar-refractivity contribution in [2.75, 3.05) is 6.54 Å². The molecule has 1 atom stereocenters. The molecule has 0 aliphatic rings. The standard InChI is InChI=1S/C16H19FN2O/c1-3-8-18-12(2)13-7-9-19-16(10-13)20-15-6-4-5-14(17)11-15/h4-7,9-12,18H,3,8H2,1-2H3. The van der Waals surface area contributed by atoms with E-state index in [0.29, 0.717) is 11.6 Å². The number of nitrogens with zero attached hydrogens (tertiary/aromatic N) is 1. The third-order valence-corrected chi connectivity index (χ3v) is 2.98. The fourth-order valence-corrected chi connectivity index (χ4v) is 1.88. The van der Waals surface area contributed by atoms with Crippen molar-refractivity contribution < 1.29 is 9.13 Å². The first-order chi connectivity index (χ1) is 9.69. The summed E-state index contributed by atoms with van der Waals surface area (Å²) in [5.41, 5.74) is 1.10. The van der Waals surface area contributed by atoms with E-state index in [-0.39, 0.29) is 11.9 Å². The first kappa shape index (κ1) is 14.5. The number of nitrogens with one attached hydrogen (secondary N) is 1. The van der Waals surface area contributed by atoms with Crippen LogP contribution in [0.25, 0.3) is 0 Å². The molecule has 4 heteroatoms.